The summed E-state index contributed by atoms with van der Waals surface area (Å²) in [6, 6.07) is 0. The Labute approximate surface area is 106 Å². The second kappa shape index (κ2) is 9.49. The van der Waals surface area contributed by atoms with Gasteiger partial charge >= 0.3 is 35.5 Å². The molecule has 0 aliphatic carbocycles. The first kappa shape index (κ1) is 16.4. The molecule has 14 heavy (non-hydrogen) atoms. The molecule has 0 aromatic rings. The minimum atomic E-state index is -1.36. The van der Waals surface area contributed by atoms with Crippen LogP contribution < -0.4 is 34.7 Å². The number of rotatable bonds is 6. The zero-order valence-corrected chi connectivity index (χ0v) is 11.0. The van der Waals surface area contributed by atoms with E-state index < -0.39 is 18.0 Å². The summed E-state index contributed by atoms with van der Waals surface area (Å²) in [5.41, 5.74) is 0. The van der Waals surface area contributed by atoms with Crippen LogP contribution in [0.15, 0.2) is 0 Å². The average molecular weight is 210 g/mol. The molecule has 0 aliphatic rings. The van der Waals surface area contributed by atoms with Crippen LogP contribution in [0, 0.1) is 0 Å². The molecule has 0 bridgehead atoms. The van der Waals surface area contributed by atoms with E-state index in [0.29, 0.717) is 0 Å². The number of hydrogen-bond donors (Lipinski definition) is 0. The standard InChI is InChI=1S/C9H16O4.Na/c1-3-4-5-6-8(10)13-7(2)9(11)12;/h7H,3-6H2,1-2H3,(H,11,12);/q;+1/p-1. The molecule has 76 valence electrons. The Hall–Kier alpha value is -0.0600. The smallest absolute Gasteiger partial charge is 0.546 e. The van der Waals surface area contributed by atoms with Crippen LogP contribution in [0.2, 0.25) is 0 Å². The van der Waals surface area contributed by atoms with E-state index in [1.807, 2.05) is 6.92 Å². The first-order chi connectivity index (χ1) is 6.07. The maximum Gasteiger partial charge on any atom is 1.00 e. The predicted octanol–water partition coefficient (Wildman–Crippen LogP) is -2.75. The monoisotopic (exact) mass is 210 g/mol. The van der Waals surface area contributed by atoms with E-state index in [9.17, 15) is 14.7 Å². The number of hydrogen-bond acceptors (Lipinski definition) is 4. The Balaban J connectivity index is 0. The summed E-state index contributed by atoms with van der Waals surface area (Å²) in [4.78, 5) is 21.1. The number of aliphatic carboxylic acids is 1. The van der Waals surface area contributed by atoms with Crippen molar-refractivity contribution in [3.8, 4) is 0 Å². The first-order valence-corrected chi connectivity index (χ1v) is 4.48. The quantitative estimate of drug-likeness (QED) is 0.271. The molecule has 0 radical (unpaired) electrons. The van der Waals surface area contributed by atoms with Gasteiger partial charge < -0.3 is 14.6 Å². The van der Waals surface area contributed by atoms with Gasteiger partial charge in [-0.05, 0) is 13.3 Å². The van der Waals surface area contributed by atoms with Crippen LogP contribution >= 0.6 is 0 Å². The normalized spacial score (nSPS) is 11.3. The Morgan fingerprint density at radius 2 is 1.93 bits per heavy atom. The fourth-order valence-electron chi connectivity index (χ4n) is 0.824. The molecule has 0 fully saturated rings. The van der Waals surface area contributed by atoms with Crippen LogP contribution in [-0.4, -0.2) is 18.0 Å². The Kier molecular flexibility index (Phi) is 11.1. The van der Waals surface area contributed by atoms with Crippen molar-refractivity contribution < 1.29 is 49.0 Å². The summed E-state index contributed by atoms with van der Waals surface area (Å²) < 4.78 is 4.56. The van der Waals surface area contributed by atoms with Gasteiger partial charge in [0.25, 0.3) is 0 Å². The molecule has 0 aromatic heterocycles. The van der Waals surface area contributed by atoms with Crippen molar-refractivity contribution in [3.05, 3.63) is 0 Å². The summed E-state index contributed by atoms with van der Waals surface area (Å²) >= 11 is 0. The van der Waals surface area contributed by atoms with Gasteiger partial charge in [-0.3, -0.25) is 4.79 Å². The van der Waals surface area contributed by atoms with Gasteiger partial charge in [-0.1, -0.05) is 19.8 Å². The molecule has 0 N–H and O–H groups in total. The number of carbonyl (C=O) groups excluding carboxylic acids is 2. The summed E-state index contributed by atoms with van der Waals surface area (Å²) in [6.07, 6.45) is 1.85. The fourth-order valence-corrected chi connectivity index (χ4v) is 0.824. The van der Waals surface area contributed by atoms with Crippen LogP contribution in [0.25, 0.3) is 0 Å². The third kappa shape index (κ3) is 8.53. The van der Waals surface area contributed by atoms with Crippen molar-refractivity contribution in [1.82, 2.24) is 0 Å². The average Bonchev–Trinajstić information content (AvgIpc) is 2.04. The molecular weight excluding hydrogens is 195 g/mol. The van der Waals surface area contributed by atoms with E-state index in [2.05, 4.69) is 4.74 Å². The summed E-state index contributed by atoms with van der Waals surface area (Å²) in [5.74, 6) is -1.83. The maximum atomic E-state index is 10.9. The van der Waals surface area contributed by atoms with Gasteiger partial charge in [-0.25, -0.2) is 0 Å². The third-order valence-corrected chi connectivity index (χ3v) is 1.62. The second-order valence-corrected chi connectivity index (χ2v) is 2.91. The minimum absolute atomic E-state index is 0. The fraction of sp³-hybridized carbons (Fsp3) is 0.778. The van der Waals surface area contributed by atoms with Crippen LogP contribution in [0.5, 0.6) is 0 Å². The molecule has 4 nitrogen and oxygen atoms in total. The summed E-state index contributed by atoms with van der Waals surface area (Å²) in [7, 11) is 0. The molecule has 0 heterocycles. The maximum absolute atomic E-state index is 10.9. The van der Waals surface area contributed by atoms with Gasteiger partial charge in [0.1, 0.15) is 6.10 Å². The number of unbranched alkanes of at least 4 members (excludes halogenated alkanes) is 2. The van der Waals surface area contributed by atoms with Gasteiger partial charge in [-0.2, -0.15) is 0 Å². The molecule has 0 rings (SSSR count). The Morgan fingerprint density at radius 1 is 1.36 bits per heavy atom. The molecule has 0 aliphatic heterocycles. The van der Waals surface area contributed by atoms with Crippen LogP contribution in [0.3, 0.4) is 0 Å². The van der Waals surface area contributed by atoms with Crippen LogP contribution in [0.4, 0.5) is 0 Å². The zero-order valence-electron chi connectivity index (χ0n) is 9.04. The molecular formula is C9H15NaO4. The van der Waals surface area contributed by atoms with Crippen molar-refractivity contribution in [3.63, 3.8) is 0 Å². The van der Waals surface area contributed by atoms with Gasteiger partial charge in [0, 0.05) is 6.42 Å². The Bertz CT molecular complexity index is 182. The van der Waals surface area contributed by atoms with E-state index in [1.165, 1.54) is 6.92 Å². The molecule has 1 unspecified atom stereocenters. The van der Waals surface area contributed by atoms with Crippen LogP contribution in [0.1, 0.15) is 39.5 Å². The predicted molar refractivity (Wildman–Crippen MR) is 44.7 cm³/mol. The molecule has 5 heteroatoms. The zero-order chi connectivity index (χ0) is 10.3. The van der Waals surface area contributed by atoms with Crippen molar-refractivity contribution in [1.29, 1.82) is 0 Å². The van der Waals surface area contributed by atoms with Crippen molar-refractivity contribution in [2.45, 2.75) is 45.6 Å². The largest absolute Gasteiger partial charge is 1.00 e. The number of carbonyl (C=O) groups is 2. The Morgan fingerprint density at radius 3 is 2.36 bits per heavy atom. The molecule has 0 saturated carbocycles. The van der Waals surface area contributed by atoms with Crippen molar-refractivity contribution >= 4 is 11.9 Å². The van der Waals surface area contributed by atoms with Crippen LogP contribution in [-0.2, 0) is 14.3 Å². The van der Waals surface area contributed by atoms with Gasteiger partial charge in [0.2, 0.25) is 0 Å². The number of ether oxygens (including phenoxy) is 1. The first-order valence-electron chi connectivity index (χ1n) is 4.48. The number of esters is 1. The van der Waals surface area contributed by atoms with E-state index in [4.69, 9.17) is 0 Å². The summed E-state index contributed by atoms with van der Waals surface area (Å²) in [6.45, 7) is 3.31. The second-order valence-electron chi connectivity index (χ2n) is 2.91. The molecule has 1 atom stereocenters. The molecule has 0 aromatic carbocycles. The molecule has 0 spiro atoms. The van der Waals surface area contributed by atoms with Gasteiger partial charge in [-0.15, -0.1) is 0 Å². The summed E-state index contributed by atoms with van der Waals surface area (Å²) in [5, 5.41) is 10.2. The van der Waals surface area contributed by atoms with E-state index in [0.717, 1.165) is 19.3 Å². The van der Waals surface area contributed by atoms with E-state index in [1.54, 1.807) is 0 Å². The van der Waals surface area contributed by atoms with Gasteiger partial charge in [0.15, 0.2) is 0 Å². The van der Waals surface area contributed by atoms with Gasteiger partial charge in [0.05, 0.1) is 5.97 Å². The SMILES string of the molecule is CCCCCC(=O)OC(C)C(=O)[O-].[Na+]. The topological polar surface area (TPSA) is 66.4 Å². The molecule has 0 saturated heterocycles. The minimum Gasteiger partial charge on any atom is -0.546 e. The van der Waals surface area contributed by atoms with Crippen molar-refractivity contribution in [2.75, 3.05) is 0 Å². The van der Waals surface area contributed by atoms with E-state index >= 15 is 0 Å². The third-order valence-electron chi connectivity index (χ3n) is 1.62. The number of carboxylic acids is 1. The van der Waals surface area contributed by atoms with Crippen molar-refractivity contribution in [2.24, 2.45) is 0 Å². The number of carboxylic acid groups (broad SMARTS) is 1. The molecule has 0 amide bonds. The van der Waals surface area contributed by atoms with E-state index in [-0.39, 0.29) is 36.0 Å².